The first-order valence-electron chi connectivity index (χ1n) is 7.53. The highest BCUT2D eigenvalue weighted by molar-refractivity contribution is 6.30. The molecule has 1 amide bonds. The zero-order valence-electron chi connectivity index (χ0n) is 12.5. The van der Waals surface area contributed by atoms with Gasteiger partial charge in [-0.05, 0) is 48.8 Å². The lowest BCUT2D eigenvalue weighted by Crippen LogP contribution is -2.45. The van der Waals surface area contributed by atoms with Gasteiger partial charge in [0.15, 0.2) is 0 Å². The van der Waals surface area contributed by atoms with Gasteiger partial charge >= 0.3 is 0 Å². The van der Waals surface area contributed by atoms with Crippen LogP contribution in [0.2, 0.25) is 5.02 Å². The van der Waals surface area contributed by atoms with Crippen molar-refractivity contribution >= 4 is 17.5 Å². The summed E-state index contributed by atoms with van der Waals surface area (Å²) in [6.45, 7) is 6.77. The van der Waals surface area contributed by atoms with Crippen molar-refractivity contribution in [3.05, 3.63) is 34.9 Å². The summed E-state index contributed by atoms with van der Waals surface area (Å²) in [5, 5.41) is 3.83. The number of hydrogen-bond donors (Lipinski definition) is 1. The van der Waals surface area contributed by atoms with E-state index < -0.39 is 0 Å². The summed E-state index contributed by atoms with van der Waals surface area (Å²) in [7, 11) is 0. The molecule has 0 heterocycles. The Labute approximate surface area is 126 Å². The van der Waals surface area contributed by atoms with Crippen LogP contribution in [0.15, 0.2) is 24.3 Å². The van der Waals surface area contributed by atoms with Gasteiger partial charge in [0.1, 0.15) is 0 Å². The lowest BCUT2D eigenvalue weighted by molar-refractivity contribution is 0.0868. The second-order valence-electron chi connectivity index (χ2n) is 6.42. The van der Waals surface area contributed by atoms with E-state index in [9.17, 15) is 4.79 Å². The molecule has 1 saturated carbocycles. The minimum atomic E-state index is -0.00255. The predicted molar refractivity (Wildman–Crippen MR) is 84.0 cm³/mol. The van der Waals surface area contributed by atoms with Gasteiger partial charge in [-0.2, -0.15) is 0 Å². The van der Waals surface area contributed by atoms with E-state index in [4.69, 9.17) is 11.6 Å². The average molecular weight is 294 g/mol. The first-order valence-corrected chi connectivity index (χ1v) is 7.91. The molecule has 1 aromatic carbocycles. The van der Waals surface area contributed by atoms with Gasteiger partial charge in [0, 0.05) is 16.6 Å². The maximum absolute atomic E-state index is 12.4. The first kappa shape index (κ1) is 15.4. The fourth-order valence-electron chi connectivity index (χ4n) is 3.25. The third-order valence-electron chi connectivity index (χ3n) is 4.43. The number of hydrogen-bond acceptors (Lipinski definition) is 1. The molecule has 1 aromatic rings. The number of benzene rings is 1. The van der Waals surface area contributed by atoms with E-state index in [0.717, 1.165) is 6.42 Å². The molecule has 0 spiro atoms. The Balaban J connectivity index is 2.08. The van der Waals surface area contributed by atoms with Crippen LogP contribution in [0.25, 0.3) is 0 Å². The third-order valence-corrected chi connectivity index (χ3v) is 4.66. The molecule has 3 heteroatoms. The Kier molecular flexibility index (Phi) is 5.09. The fourth-order valence-corrected chi connectivity index (χ4v) is 3.44. The van der Waals surface area contributed by atoms with E-state index in [1.165, 1.54) is 12.8 Å². The molecule has 1 N–H and O–H groups in total. The summed E-state index contributed by atoms with van der Waals surface area (Å²) in [5.74, 6) is 1.87. The summed E-state index contributed by atoms with van der Waals surface area (Å²) < 4.78 is 0. The topological polar surface area (TPSA) is 29.1 Å². The SMILES string of the molecule is CC(C)[C@@H]1CC[C@H](C)C[C@H]1NC(=O)c1cccc(Cl)c1. The van der Waals surface area contributed by atoms with Crippen LogP contribution in [-0.2, 0) is 0 Å². The molecule has 1 fully saturated rings. The van der Waals surface area contributed by atoms with Crippen LogP contribution in [0.4, 0.5) is 0 Å². The lowest BCUT2D eigenvalue weighted by Gasteiger charge is -2.37. The molecule has 2 nitrogen and oxygen atoms in total. The zero-order chi connectivity index (χ0) is 14.7. The molecule has 0 radical (unpaired) electrons. The van der Waals surface area contributed by atoms with Crippen LogP contribution >= 0.6 is 11.6 Å². The van der Waals surface area contributed by atoms with Crippen LogP contribution in [0.5, 0.6) is 0 Å². The molecule has 3 atom stereocenters. The van der Waals surface area contributed by atoms with Gasteiger partial charge in [0.25, 0.3) is 5.91 Å². The molecular formula is C17H24ClNO. The number of halogens is 1. The molecule has 2 rings (SSSR count). The predicted octanol–water partition coefficient (Wildman–Crippen LogP) is 4.53. The second kappa shape index (κ2) is 6.62. The fraction of sp³-hybridized carbons (Fsp3) is 0.588. The van der Waals surface area contributed by atoms with Gasteiger partial charge in [-0.3, -0.25) is 4.79 Å². The summed E-state index contributed by atoms with van der Waals surface area (Å²) in [5.41, 5.74) is 0.651. The van der Waals surface area contributed by atoms with E-state index in [-0.39, 0.29) is 11.9 Å². The lowest BCUT2D eigenvalue weighted by atomic mass is 9.74. The molecular weight excluding hydrogens is 270 g/mol. The molecule has 1 aliphatic rings. The molecule has 20 heavy (non-hydrogen) atoms. The van der Waals surface area contributed by atoms with Gasteiger partial charge in [-0.25, -0.2) is 0 Å². The minimum Gasteiger partial charge on any atom is -0.349 e. The minimum absolute atomic E-state index is 0.00255. The Morgan fingerprint density at radius 3 is 2.75 bits per heavy atom. The highest BCUT2D eigenvalue weighted by atomic mass is 35.5. The van der Waals surface area contributed by atoms with Gasteiger partial charge in [-0.15, -0.1) is 0 Å². The van der Waals surface area contributed by atoms with Crippen molar-refractivity contribution in [2.45, 2.75) is 46.1 Å². The normalized spacial score (nSPS) is 26.6. The van der Waals surface area contributed by atoms with E-state index in [0.29, 0.717) is 28.3 Å². The summed E-state index contributed by atoms with van der Waals surface area (Å²) in [6, 6.07) is 7.44. The summed E-state index contributed by atoms with van der Waals surface area (Å²) in [6.07, 6.45) is 3.56. The molecule has 0 aromatic heterocycles. The van der Waals surface area contributed by atoms with Gasteiger partial charge in [0.2, 0.25) is 0 Å². The summed E-state index contributed by atoms with van der Waals surface area (Å²) in [4.78, 5) is 12.4. The molecule has 0 unspecified atom stereocenters. The number of rotatable bonds is 3. The van der Waals surface area contributed by atoms with Crippen LogP contribution in [0.3, 0.4) is 0 Å². The highest BCUT2D eigenvalue weighted by Gasteiger charge is 2.31. The smallest absolute Gasteiger partial charge is 0.251 e. The van der Waals surface area contributed by atoms with Gasteiger partial charge < -0.3 is 5.32 Å². The maximum Gasteiger partial charge on any atom is 0.251 e. The third kappa shape index (κ3) is 3.76. The van der Waals surface area contributed by atoms with Crippen molar-refractivity contribution in [3.63, 3.8) is 0 Å². The van der Waals surface area contributed by atoms with E-state index >= 15 is 0 Å². The second-order valence-corrected chi connectivity index (χ2v) is 6.85. The van der Waals surface area contributed by atoms with Crippen molar-refractivity contribution in [1.82, 2.24) is 5.32 Å². The number of nitrogens with one attached hydrogen (secondary N) is 1. The highest BCUT2D eigenvalue weighted by Crippen LogP contribution is 2.33. The van der Waals surface area contributed by atoms with E-state index in [1.54, 1.807) is 12.1 Å². The Bertz CT molecular complexity index is 472. The number of carbonyl (C=O) groups is 1. The molecule has 0 saturated heterocycles. The Morgan fingerprint density at radius 1 is 1.35 bits per heavy atom. The van der Waals surface area contributed by atoms with E-state index in [1.807, 2.05) is 12.1 Å². The maximum atomic E-state index is 12.4. The largest absolute Gasteiger partial charge is 0.349 e. The molecule has 0 bridgehead atoms. The van der Waals surface area contributed by atoms with Crippen molar-refractivity contribution in [3.8, 4) is 0 Å². The average Bonchev–Trinajstić information content (AvgIpc) is 2.38. The van der Waals surface area contributed by atoms with E-state index in [2.05, 4.69) is 26.1 Å². The number of carbonyl (C=O) groups excluding carboxylic acids is 1. The van der Waals surface area contributed by atoms with Gasteiger partial charge in [-0.1, -0.05) is 44.9 Å². The monoisotopic (exact) mass is 293 g/mol. The molecule has 0 aliphatic heterocycles. The summed E-state index contributed by atoms with van der Waals surface area (Å²) >= 11 is 5.95. The van der Waals surface area contributed by atoms with Crippen molar-refractivity contribution < 1.29 is 4.79 Å². The molecule has 1 aliphatic carbocycles. The Hall–Kier alpha value is -1.02. The van der Waals surface area contributed by atoms with Gasteiger partial charge in [0.05, 0.1) is 0 Å². The number of amides is 1. The van der Waals surface area contributed by atoms with Crippen molar-refractivity contribution in [2.24, 2.45) is 17.8 Å². The van der Waals surface area contributed by atoms with Crippen LogP contribution in [-0.4, -0.2) is 11.9 Å². The Morgan fingerprint density at radius 2 is 2.10 bits per heavy atom. The van der Waals surface area contributed by atoms with Crippen LogP contribution < -0.4 is 5.32 Å². The van der Waals surface area contributed by atoms with Crippen molar-refractivity contribution in [1.29, 1.82) is 0 Å². The van der Waals surface area contributed by atoms with Crippen LogP contribution in [0.1, 0.15) is 50.4 Å². The standard InChI is InChI=1S/C17H24ClNO/c1-11(2)15-8-7-12(3)9-16(15)19-17(20)13-5-4-6-14(18)10-13/h4-6,10-12,15-16H,7-9H2,1-3H3,(H,19,20)/t12-,15-,16+/m0/s1. The first-order chi connectivity index (χ1) is 9.47. The quantitative estimate of drug-likeness (QED) is 0.871. The van der Waals surface area contributed by atoms with Crippen LogP contribution in [0, 0.1) is 17.8 Å². The van der Waals surface area contributed by atoms with Crippen molar-refractivity contribution in [2.75, 3.05) is 0 Å². The zero-order valence-corrected chi connectivity index (χ0v) is 13.3. The molecule has 110 valence electrons.